The molecular formula is C16H19NOS. The fraction of sp³-hybridized carbons (Fsp3) is 0.375. The molecule has 100 valence electrons. The minimum Gasteiger partial charge on any atom is -0.385 e. The Balaban J connectivity index is 1.92. The molecule has 3 rings (SSSR count). The largest absolute Gasteiger partial charge is 0.385 e. The minimum absolute atomic E-state index is 0.0493. The predicted octanol–water partition coefficient (Wildman–Crippen LogP) is 3.14. The molecule has 1 aliphatic carbocycles. The summed E-state index contributed by atoms with van der Waals surface area (Å²) in [6, 6.07) is 12.3. The van der Waals surface area contributed by atoms with Gasteiger partial charge in [0, 0.05) is 22.2 Å². The molecule has 1 aromatic heterocycles. The lowest BCUT2D eigenvalue weighted by molar-refractivity contribution is 0.0350. The summed E-state index contributed by atoms with van der Waals surface area (Å²) in [5.41, 5.74) is 7.45. The fourth-order valence-electron chi connectivity index (χ4n) is 2.99. The minimum atomic E-state index is -0.800. The van der Waals surface area contributed by atoms with Crippen LogP contribution in [-0.4, -0.2) is 5.11 Å². The Morgan fingerprint density at radius 2 is 2.00 bits per heavy atom. The van der Waals surface area contributed by atoms with Crippen LogP contribution in [0.1, 0.15) is 40.3 Å². The molecule has 3 N–H and O–H groups in total. The summed E-state index contributed by atoms with van der Waals surface area (Å²) in [7, 11) is 0. The van der Waals surface area contributed by atoms with Gasteiger partial charge in [0.25, 0.3) is 0 Å². The van der Waals surface area contributed by atoms with Gasteiger partial charge in [-0.05, 0) is 36.1 Å². The van der Waals surface area contributed by atoms with E-state index in [1.165, 1.54) is 9.75 Å². The van der Waals surface area contributed by atoms with Gasteiger partial charge in [-0.3, -0.25) is 0 Å². The third-order valence-corrected chi connectivity index (χ3v) is 5.18. The zero-order chi connectivity index (χ0) is 13.5. The lowest BCUT2D eigenvalue weighted by Gasteiger charge is -2.23. The van der Waals surface area contributed by atoms with Crippen LogP contribution in [0.5, 0.6) is 0 Å². The van der Waals surface area contributed by atoms with Gasteiger partial charge in [0.15, 0.2) is 0 Å². The molecule has 1 aliphatic rings. The van der Waals surface area contributed by atoms with Gasteiger partial charge in [0.2, 0.25) is 0 Å². The molecule has 19 heavy (non-hydrogen) atoms. The van der Waals surface area contributed by atoms with Gasteiger partial charge in [-0.1, -0.05) is 31.2 Å². The van der Waals surface area contributed by atoms with E-state index in [2.05, 4.69) is 19.1 Å². The number of benzene rings is 1. The molecule has 0 fully saturated rings. The van der Waals surface area contributed by atoms with Crippen LogP contribution in [0.4, 0.5) is 0 Å². The highest BCUT2D eigenvalue weighted by molar-refractivity contribution is 7.12. The van der Waals surface area contributed by atoms with Crippen molar-refractivity contribution in [1.29, 1.82) is 0 Å². The fourth-order valence-corrected chi connectivity index (χ4v) is 4.06. The molecule has 2 unspecified atom stereocenters. The average Bonchev–Trinajstić information content (AvgIpc) is 2.95. The molecule has 0 amide bonds. The van der Waals surface area contributed by atoms with Crippen LogP contribution in [-0.2, 0) is 18.4 Å². The van der Waals surface area contributed by atoms with Crippen molar-refractivity contribution in [2.45, 2.75) is 37.8 Å². The van der Waals surface area contributed by atoms with E-state index >= 15 is 0 Å². The van der Waals surface area contributed by atoms with Crippen LogP contribution in [0.25, 0.3) is 0 Å². The third kappa shape index (κ3) is 2.22. The van der Waals surface area contributed by atoms with Crippen molar-refractivity contribution in [2.24, 2.45) is 5.73 Å². The van der Waals surface area contributed by atoms with Gasteiger partial charge in [0.1, 0.15) is 0 Å². The first-order chi connectivity index (χ1) is 9.12. The topological polar surface area (TPSA) is 46.2 Å². The molecule has 0 bridgehead atoms. The number of aryl methyl sites for hydroxylation is 1. The lowest BCUT2D eigenvalue weighted by Crippen LogP contribution is -2.26. The van der Waals surface area contributed by atoms with Crippen LogP contribution in [0.15, 0.2) is 36.4 Å². The smallest absolute Gasteiger partial charge is 0.0965 e. The van der Waals surface area contributed by atoms with E-state index < -0.39 is 5.60 Å². The molecule has 1 heterocycles. The van der Waals surface area contributed by atoms with Crippen molar-refractivity contribution in [2.75, 3.05) is 0 Å². The Bertz CT molecular complexity index is 592. The second kappa shape index (κ2) is 4.75. The van der Waals surface area contributed by atoms with Crippen LogP contribution in [0, 0.1) is 0 Å². The molecule has 0 saturated heterocycles. The standard InChI is InChI=1S/C16H19NOS/c1-2-11-7-8-12(19-11)9-16(18)10-15(17)13-5-3-4-6-14(13)16/h3-8,15,18H,2,9-10,17H2,1H3. The van der Waals surface area contributed by atoms with Gasteiger partial charge < -0.3 is 10.8 Å². The Morgan fingerprint density at radius 1 is 1.26 bits per heavy atom. The van der Waals surface area contributed by atoms with E-state index in [-0.39, 0.29) is 6.04 Å². The summed E-state index contributed by atoms with van der Waals surface area (Å²) in [5.74, 6) is 0. The first kappa shape index (κ1) is 12.9. The second-order valence-electron chi connectivity index (χ2n) is 5.33. The Labute approximate surface area is 117 Å². The molecule has 0 aliphatic heterocycles. The van der Waals surface area contributed by atoms with Crippen LogP contribution < -0.4 is 5.73 Å². The van der Waals surface area contributed by atoms with Crippen LogP contribution in [0.2, 0.25) is 0 Å². The number of hydrogen-bond acceptors (Lipinski definition) is 3. The molecule has 0 spiro atoms. The molecule has 2 nitrogen and oxygen atoms in total. The van der Waals surface area contributed by atoms with E-state index in [1.54, 1.807) is 11.3 Å². The van der Waals surface area contributed by atoms with Crippen molar-refractivity contribution >= 4 is 11.3 Å². The number of thiophene rings is 1. The maximum Gasteiger partial charge on any atom is 0.0965 e. The summed E-state index contributed by atoms with van der Waals surface area (Å²) in [5, 5.41) is 11.0. The number of nitrogens with two attached hydrogens (primary N) is 1. The van der Waals surface area contributed by atoms with Gasteiger partial charge in [-0.2, -0.15) is 0 Å². The van der Waals surface area contributed by atoms with E-state index in [4.69, 9.17) is 5.73 Å². The zero-order valence-electron chi connectivity index (χ0n) is 11.1. The normalized spacial score (nSPS) is 25.5. The summed E-state index contributed by atoms with van der Waals surface area (Å²) in [4.78, 5) is 2.61. The summed E-state index contributed by atoms with van der Waals surface area (Å²) in [6.45, 7) is 2.16. The number of hydrogen-bond donors (Lipinski definition) is 2. The van der Waals surface area contributed by atoms with E-state index in [0.717, 1.165) is 17.5 Å². The van der Waals surface area contributed by atoms with Gasteiger partial charge in [-0.15, -0.1) is 11.3 Å². The maximum atomic E-state index is 11.0. The number of fused-ring (bicyclic) bond motifs is 1. The van der Waals surface area contributed by atoms with Crippen LogP contribution in [0.3, 0.4) is 0 Å². The zero-order valence-corrected chi connectivity index (χ0v) is 11.9. The van der Waals surface area contributed by atoms with Crippen molar-refractivity contribution in [3.8, 4) is 0 Å². The molecule has 1 aromatic carbocycles. The molecule has 0 saturated carbocycles. The molecule has 2 atom stereocenters. The average molecular weight is 273 g/mol. The highest BCUT2D eigenvalue weighted by Gasteiger charge is 2.40. The van der Waals surface area contributed by atoms with Gasteiger partial charge in [0.05, 0.1) is 5.60 Å². The predicted molar refractivity (Wildman–Crippen MR) is 79.3 cm³/mol. The number of aliphatic hydroxyl groups is 1. The highest BCUT2D eigenvalue weighted by Crippen LogP contribution is 2.44. The summed E-state index contributed by atoms with van der Waals surface area (Å²) < 4.78 is 0. The van der Waals surface area contributed by atoms with Crippen molar-refractivity contribution in [3.63, 3.8) is 0 Å². The van der Waals surface area contributed by atoms with E-state index in [1.807, 2.05) is 24.3 Å². The van der Waals surface area contributed by atoms with Gasteiger partial charge >= 0.3 is 0 Å². The van der Waals surface area contributed by atoms with Gasteiger partial charge in [-0.25, -0.2) is 0 Å². The Hall–Kier alpha value is -1.16. The van der Waals surface area contributed by atoms with Crippen molar-refractivity contribution < 1.29 is 5.11 Å². The Kier molecular flexibility index (Phi) is 3.21. The van der Waals surface area contributed by atoms with Crippen molar-refractivity contribution in [1.82, 2.24) is 0 Å². The lowest BCUT2D eigenvalue weighted by atomic mass is 9.91. The number of rotatable bonds is 3. The summed E-state index contributed by atoms with van der Waals surface area (Å²) >= 11 is 1.79. The third-order valence-electron chi connectivity index (χ3n) is 3.95. The molecule has 2 aromatic rings. The van der Waals surface area contributed by atoms with Crippen molar-refractivity contribution in [3.05, 3.63) is 57.3 Å². The van der Waals surface area contributed by atoms with Crippen LogP contribution >= 0.6 is 11.3 Å². The quantitative estimate of drug-likeness (QED) is 0.902. The summed E-state index contributed by atoms with van der Waals surface area (Å²) in [6.07, 6.45) is 2.34. The first-order valence-corrected chi connectivity index (χ1v) is 7.59. The Morgan fingerprint density at radius 3 is 2.74 bits per heavy atom. The molecule has 0 radical (unpaired) electrons. The molecule has 3 heteroatoms. The first-order valence-electron chi connectivity index (χ1n) is 6.77. The van der Waals surface area contributed by atoms with E-state index in [0.29, 0.717) is 12.8 Å². The second-order valence-corrected chi connectivity index (χ2v) is 6.58. The monoisotopic (exact) mass is 273 g/mol. The maximum absolute atomic E-state index is 11.0. The highest BCUT2D eigenvalue weighted by atomic mass is 32.1. The molecular weight excluding hydrogens is 254 g/mol. The van der Waals surface area contributed by atoms with E-state index in [9.17, 15) is 5.11 Å². The SMILES string of the molecule is CCc1ccc(CC2(O)CC(N)c3ccccc32)s1.